The van der Waals surface area contributed by atoms with Gasteiger partial charge in [-0.15, -0.1) is 0 Å². The molecule has 7 heteroatoms. The molecule has 2 aromatic carbocycles. The molecule has 1 N–H and O–H groups in total. The number of sulfone groups is 1. The third-order valence-electron chi connectivity index (χ3n) is 3.84. The van der Waals surface area contributed by atoms with Crippen LogP contribution in [0.5, 0.6) is 0 Å². The predicted molar refractivity (Wildman–Crippen MR) is 88.6 cm³/mol. The lowest BCUT2D eigenvalue weighted by Crippen LogP contribution is -2.23. The lowest BCUT2D eigenvalue weighted by molar-refractivity contribution is 0.259. The molecule has 2 rings (SSSR count). The van der Waals surface area contributed by atoms with E-state index in [1.54, 1.807) is 6.92 Å². The van der Waals surface area contributed by atoms with Crippen LogP contribution in [-0.2, 0) is 9.84 Å². The zero-order valence-electron chi connectivity index (χ0n) is 12.9. The van der Waals surface area contributed by atoms with Crippen molar-refractivity contribution in [2.75, 3.05) is 6.61 Å². The maximum absolute atomic E-state index is 14.2. The van der Waals surface area contributed by atoms with Gasteiger partial charge in [-0.2, -0.15) is 0 Å². The number of hydrogen-bond acceptors (Lipinski definition) is 3. The molecule has 0 amide bonds. The average molecular weight is 375 g/mol. The number of aliphatic hydroxyl groups excluding tert-OH is 1. The Morgan fingerprint density at radius 1 is 1.12 bits per heavy atom. The van der Waals surface area contributed by atoms with Gasteiger partial charge in [-0.05, 0) is 54.8 Å². The number of halogens is 3. The van der Waals surface area contributed by atoms with Crippen molar-refractivity contribution < 1.29 is 22.3 Å². The average Bonchev–Trinajstić information content (AvgIpc) is 2.51. The normalized spacial score (nSPS) is 14.4. The zero-order valence-corrected chi connectivity index (χ0v) is 14.5. The molecular formula is C17H17ClF2O3S. The molecule has 0 aliphatic carbocycles. The molecule has 0 bridgehead atoms. The van der Waals surface area contributed by atoms with Gasteiger partial charge in [0.25, 0.3) is 0 Å². The highest BCUT2D eigenvalue weighted by atomic mass is 35.5. The van der Waals surface area contributed by atoms with Crippen LogP contribution in [0.3, 0.4) is 0 Å². The Balaban J connectivity index is 2.61. The zero-order chi connectivity index (χ0) is 17.9. The highest BCUT2D eigenvalue weighted by molar-refractivity contribution is 7.91. The molecule has 0 radical (unpaired) electrons. The summed E-state index contributed by atoms with van der Waals surface area (Å²) in [6.07, 6.45) is 0.132. The van der Waals surface area contributed by atoms with E-state index >= 15 is 0 Å². The molecule has 2 unspecified atom stereocenters. The molecule has 3 nitrogen and oxygen atoms in total. The first-order chi connectivity index (χ1) is 11.3. The van der Waals surface area contributed by atoms with Gasteiger partial charge in [0.2, 0.25) is 0 Å². The van der Waals surface area contributed by atoms with Gasteiger partial charge in [-0.25, -0.2) is 17.2 Å². The molecule has 2 atom stereocenters. The molecule has 0 saturated carbocycles. The van der Waals surface area contributed by atoms with E-state index in [4.69, 9.17) is 16.7 Å². The second-order valence-corrected chi connectivity index (χ2v) is 8.08. The van der Waals surface area contributed by atoms with Crippen LogP contribution in [0.4, 0.5) is 8.78 Å². The summed E-state index contributed by atoms with van der Waals surface area (Å²) in [5.74, 6) is -2.14. The molecule has 0 spiro atoms. The van der Waals surface area contributed by atoms with Gasteiger partial charge in [0.1, 0.15) is 11.6 Å². The number of benzene rings is 2. The maximum Gasteiger partial charge on any atom is 0.185 e. The lowest BCUT2D eigenvalue weighted by Gasteiger charge is -2.24. The van der Waals surface area contributed by atoms with Gasteiger partial charge in [0, 0.05) is 17.2 Å². The van der Waals surface area contributed by atoms with Crippen molar-refractivity contribution in [2.45, 2.75) is 23.5 Å². The van der Waals surface area contributed by atoms with Crippen LogP contribution in [0.1, 0.15) is 24.2 Å². The van der Waals surface area contributed by atoms with Gasteiger partial charge in [0.15, 0.2) is 9.84 Å². The first-order valence-corrected chi connectivity index (χ1v) is 9.25. The number of hydrogen-bond donors (Lipinski definition) is 1. The number of aliphatic hydroxyl groups is 1. The summed E-state index contributed by atoms with van der Waals surface area (Å²) in [5.41, 5.74) is -0.245. The van der Waals surface area contributed by atoms with Crippen molar-refractivity contribution in [2.24, 2.45) is 5.92 Å². The minimum atomic E-state index is -4.01. The van der Waals surface area contributed by atoms with Gasteiger partial charge in [0.05, 0.1) is 10.1 Å². The summed E-state index contributed by atoms with van der Waals surface area (Å²) in [7, 11) is -4.01. The Kier molecular flexibility index (Phi) is 5.96. The van der Waals surface area contributed by atoms with Gasteiger partial charge < -0.3 is 5.11 Å². The molecular weight excluding hydrogens is 358 g/mol. The Labute approximate surface area is 144 Å². The summed E-state index contributed by atoms with van der Waals surface area (Å²) in [5, 5.41) is 8.20. The fourth-order valence-corrected chi connectivity index (χ4v) is 4.84. The predicted octanol–water partition coefficient (Wildman–Crippen LogP) is 4.15. The molecule has 0 aliphatic rings. The molecule has 0 fully saturated rings. The van der Waals surface area contributed by atoms with Gasteiger partial charge in [-0.3, -0.25) is 0 Å². The van der Waals surface area contributed by atoms with E-state index in [1.807, 2.05) is 0 Å². The van der Waals surface area contributed by atoms with E-state index < -0.39 is 32.6 Å². The molecule has 0 aromatic heterocycles. The summed E-state index contributed by atoms with van der Waals surface area (Å²) in [4.78, 5) is -0.0367. The maximum atomic E-state index is 14.2. The molecule has 2 aromatic rings. The number of rotatable bonds is 6. The summed E-state index contributed by atoms with van der Waals surface area (Å²) in [6.45, 7) is 1.32. The van der Waals surface area contributed by atoms with E-state index in [9.17, 15) is 17.2 Å². The Hall–Kier alpha value is -1.50. The fraction of sp³-hybridized carbons (Fsp3) is 0.294. The van der Waals surface area contributed by atoms with Gasteiger partial charge in [-0.1, -0.05) is 18.5 Å². The SMILES string of the molecule is CC(CCO)C(c1cc(F)ccc1F)S(=O)(=O)c1ccc(Cl)cc1. The van der Waals surface area contributed by atoms with Crippen molar-refractivity contribution in [3.05, 3.63) is 64.7 Å². The third kappa shape index (κ3) is 3.94. The molecule has 0 saturated heterocycles. The van der Waals surface area contributed by atoms with E-state index in [2.05, 4.69) is 0 Å². The van der Waals surface area contributed by atoms with Crippen LogP contribution in [0.15, 0.2) is 47.4 Å². The highest BCUT2D eigenvalue weighted by Gasteiger charge is 2.35. The van der Waals surface area contributed by atoms with Crippen molar-refractivity contribution in [3.63, 3.8) is 0 Å². The van der Waals surface area contributed by atoms with E-state index in [-0.39, 0.29) is 23.5 Å². The van der Waals surface area contributed by atoms with Crippen LogP contribution in [0, 0.1) is 17.6 Å². The molecule has 24 heavy (non-hydrogen) atoms. The fourth-order valence-electron chi connectivity index (χ4n) is 2.64. The van der Waals surface area contributed by atoms with Crippen molar-refractivity contribution >= 4 is 21.4 Å². The van der Waals surface area contributed by atoms with Crippen LogP contribution >= 0.6 is 11.6 Å². The van der Waals surface area contributed by atoms with E-state index in [1.165, 1.54) is 24.3 Å². The Morgan fingerprint density at radius 3 is 2.33 bits per heavy atom. The molecule has 0 heterocycles. The Morgan fingerprint density at radius 2 is 1.75 bits per heavy atom. The van der Waals surface area contributed by atoms with Gasteiger partial charge >= 0.3 is 0 Å². The van der Waals surface area contributed by atoms with E-state index in [0.717, 1.165) is 18.2 Å². The third-order valence-corrected chi connectivity index (χ3v) is 6.41. The van der Waals surface area contributed by atoms with Crippen LogP contribution < -0.4 is 0 Å². The first kappa shape index (κ1) is 18.8. The van der Waals surface area contributed by atoms with Crippen molar-refractivity contribution in [3.8, 4) is 0 Å². The second kappa shape index (κ2) is 7.59. The molecule has 0 aliphatic heterocycles. The summed E-state index contributed by atoms with van der Waals surface area (Å²) in [6, 6.07) is 8.22. The minimum absolute atomic E-state index is 0.0367. The largest absolute Gasteiger partial charge is 0.396 e. The van der Waals surface area contributed by atoms with E-state index in [0.29, 0.717) is 5.02 Å². The second-order valence-electron chi connectivity index (χ2n) is 5.57. The Bertz CT molecular complexity index is 807. The highest BCUT2D eigenvalue weighted by Crippen LogP contribution is 2.38. The lowest BCUT2D eigenvalue weighted by atomic mass is 9.97. The first-order valence-electron chi connectivity index (χ1n) is 7.32. The standard InChI is InChI=1S/C17H17ClF2O3S/c1-11(8-9-21)17(15-10-13(19)4-7-16(15)20)24(22,23)14-5-2-12(18)3-6-14/h2-7,10-11,17,21H,8-9H2,1H3. The quantitative estimate of drug-likeness (QED) is 0.826. The topological polar surface area (TPSA) is 54.4 Å². The van der Waals surface area contributed by atoms with Crippen LogP contribution in [-0.4, -0.2) is 20.1 Å². The van der Waals surface area contributed by atoms with Crippen LogP contribution in [0.25, 0.3) is 0 Å². The monoisotopic (exact) mass is 374 g/mol. The van der Waals surface area contributed by atoms with Crippen molar-refractivity contribution in [1.82, 2.24) is 0 Å². The summed E-state index contributed by atoms with van der Waals surface area (Å²) < 4.78 is 53.8. The summed E-state index contributed by atoms with van der Waals surface area (Å²) >= 11 is 5.78. The van der Waals surface area contributed by atoms with Crippen LogP contribution in [0.2, 0.25) is 5.02 Å². The van der Waals surface area contributed by atoms with Crippen molar-refractivity contribution in [1.29, 1.82) is 0 Å². The molecule has 130 valence electrons. The minimum Gasteiger partial charge on any atom is -0.396 e. The smallest absolute Gasteiger partial charge is 0.185 e.